The Labute approximate surface area is 72.8 Å². The highest BCUT2D eigenvalue weighted by molar-refractivity contribution is 5.94. The fourth-order valence-corrected chi connectivity index (χ4v) is 0.963. The Kier molecular flexibility index (Phi) is 2.48. The lowest BCUT2D eigenvalue weighted by atomic mass is 10.1. The van der Waals surface area contributed by atoms with E-state index in [9.17, 15) is 4.79 Å². The number of hydrogen-bond donors (Lipinski definition) is 0. The van der Waals surface area contributed by atoms with Gasteiger partial charge in [-0.2, -0.15) is 0 Å². The number of rotatable bonds is 1. The highest BCUT2D eigenvalue weighted by Gasteiger charge is 2.06. The summed E-state index contributed by atoms with van der Waals surface area (Å²) >= 11 is 0. The average Bonchev–Trinajstić information content (AvgIpc) is 2.03. The van der Waals surface area contributed by atoms with Crippen molar-refractivity contribution in [2.45, 2.75) is 0 Å². The summed E-state index contributed by atoms with van der Waals surface area (Å²) in [4.78, 5) is 12.9. The van der Waals surface area contributed by atoms with Crippen molar-refractivity contribution < 1.29 is 4.79 Å². The van der Waals surface area contributed by atoms with Crippen molar-refractivity contribution in [1.29, 1.82) is 0 Å². The van der Waals surface area contributed by atoms with E-state index in [0.717, 1.165) is 5.56 Å². The van der Waals surface area contributed by atoms with Crippen LogP contribution in [0.25, 0.3) is 0 Å². The highest BCUT2D eigenvalue weighted by Crippen LogP contribution is 2.05. The standard InChI is InChI=1S/C10H12NO/c1-8-5-4-6-9(7-8)10(12)11(2)3/h4-7H,1H2,2-3H3. The lowest BCUT2D eigenvalue weighted by molar-refractivity contribution is 0.0827. The molecule has 0 saturated carbocycles. The van der Waals surface area contributed by atoms with Crippen LogP contribution >= 0.6 is 0 Å². The molecule has 0 bridgehead atoms. The van der Waals surface area contributed by atoms with Crippen molar-refractivity contribution in [3.05, 3.63) is 42.3 Å². The number of hydrogen-bond acceptors (Lipinski definition) is 1. The van der Waals surface area contributed by atoms with Crippen molar-refractivity contribution in [3.8, 4) is 0 Å². The molecule has 1 radical (unpaired) electrons. The monoisotopic (exact) mass is 162 g/mol. The van der Waals surface area contributed by atoms with Gasteiger partial charge in [0, 0.05) is 19.7 Å². The Morgan fingerprint density at radius 3 is 2.58 bits per heavy atom. The van der Waals surface area contributed by atoms with Crippen LogP contribution in [0.4, 0.5) is 0 Å². The smallest absolute Gasteiger partial charge is 0.253 e. The van der Waals surface area contributed by atoms with Gasteiger partial charge in [0.1, 0.15) is 0 Å². The maximum atomic E-state index is 11.4. The molecule has 1 amide bonds. The second kappa shape index (κ2) is 3.39. The number of amides is 1. The zero-order valence-electron chi connectivity index (χ0n) is 7.37. The molecule has 2 heteroatoms. The summed E-state index contributed by atoms with van der Waals surface area (Å²) in [6.45, 7) is 3.75. The van der Waals surface area contributed by atoms with Gasteiger partial charge in [-0.25, -0.2) is 0 Å². The minimum Gasteiger partial charge on any atom is -0.345 e. The van der Waals surface area contributed by atoms with Gasteiger partial charge in [0.2, 0.25) is 0 Å². The highest BCUT2D eigenvalue weighted by atomic mass is 16.2. The van der Waals surface area contributed by atoms with Crippen molar-refractivity contribution in [2.24, 2.45) is 0 Å². The first-order valence-electron chi connectivity index (χ1n) is 3.75. The lowest BCUT2D eigenvalue weighted by Crippen LogP contribution is -2.21. The summed E-state index contributed by atoms with van der Waals surface area (Å²) in [6, 6.07) is 7.27. The number of nitrogens with zero attached hydrogens (tertiary/aromatic N) is 1. The van der Waals surface area contributed by atoms with Gasteiger partial charge in [0.15, 0.2) is 0 Å². The maximum Gasteiger partial charge on any atom is 0.253 e. The first-order chi connectivity index (χ1) is 5.61. The molecule has 0 fully saturated rings. The van der Waals surface area contributed by atoms with Crippen LogP contribution in [0.1, 0.15) is 15.9 Å². The molecule has 0 spiro atoms. The van der Waals surface area contributed by atoms with E-state index in [1.54, 1.807) is 31.1 Å². The lowest BCUT2D eigenvalue weighted by Gasteiger charge is -2.09. The van der Waals surface area contributed by atoms with Gasteiger partial charge in [-0.05, 0) is 24.6 Å². The number of benzene rings is 1. The van der Waals surface area contributed by atoms with Crippen LogP contribution in [0, 0.1) is 6.92 Å². The minimum atomic E-state index is 0.0144. The molecule has 1 aromatic rings. The predicted octanol–water partition coefficient (Wildman–Crippen LogP) is 1.57. The zero-order chi connectivity index (χ0) is 9.14. The molecule has 0 N–H and O–H groups in total. The molecule has 0 aliphatic rings. The first kappa shape index (κ1) is 8.78. The molecule has 1 aromatic carbocycles. The van der Waals surface area contributed by atoms with E-state index < -0.39 is 0 Å². The van der Waals surface area contributed by atoms with Gasteiger partial charge in [0.25, 0.3) is 5.91 Å². The molecule has 12 heavy (non-hydrogen) atoms. The van der Waals surface area contributed by atoms with E-state index in [-0.39, 0.29) is 5.91 Å². The molecule has 0 unspecified atom stereocenters. The summed E-state index contributed by atoms with van der Waals surface area (Å²) in [6.07, 6.45) is 0. The van der Waals surface area contributed by atoms with Gasteiger partial charge in [-0.1, -0.05) is 12.1 Å². The predicted molar refractivity (Wildman–Crippen MR) is 48.9 cm³/mol. The Bertz CT molecular complexity index is 292. The van der Waals surface area contributed by atoms with E-state index >= 15 is 0 Å². The van der Waals surface area contributed by atoms with Crippen molar-refractivity contribution in [1.82, 2.24) is 4.90 Å². The van der Waals surface area contributed by atoms with Crippen LogP contribution in [0.5, 0.6) is 0 Å². The molecule has 0 aliphatic heterocycles. The Hall–Kier alpha value is -1.31. The van der Waals surface area contributed by atoms with Crippen LogP contribution in [0.2, 0.25) is 0 Å². The van der Waals surface area contributed by atoms with E-state index in [0.29, 0.717) is 5.56 Å². The fourth-order valence-electron chi connectivity index (χ4n) is 0.963. The molecule has 0 saturated heterocycles. The van der Waals surface area contributed by atoms with Gasteiger partial charge >= 0.3 is 0 Å². The van der Waals surface area contributed by atoms with E-state index in [4.69, 9.17) is 0 Å². The summed E-state index contributed by atoms with van der Waals surface area (Å²) < 4.78 is 0. The third kappa shape index (κ3) is 1.84. The van der Waals surface area contributed by atoms with Crippen LogP contribution in [-0.2, 0) is 0 Å². The second-order valence-corrected chi connectivity index (χ2v) is 2.90. The molecule has 0 heterocycles. The Balaban J connectivity index is 2.96. The van der Waals surface area contributed by atoms with Crippen molar-refractivity contribution in [2.75, 3.05) is 14.1 Å². The third-order valence-corrected chi connectivity index (χ3v) is 1.58. The molecule has 63 valence electrons. The van der Waals surface area contributed by atoms with Crippen molar-refractivity contribution in [3.63, 3.8) is 0 Å². The van der Waals surface area contributed by atoms with Gasteiger partial charge in [-0.3, -0.25) is 4.79 Å². The molecule has 0 atom stereocenters. The molecular weight excluding hydrogens is 150 g/mol. The normalized spacial score (nSPS) is 9.58. The van der Waals surface area contributed by atoms with Crippen molar-refractivity contribution >= 4 is 5.91 Å². The van der Waals surface area contributed by atoms with Crippen LogP contribution in [-0.4, -0.2) is 24.9 Å². The van der Waals surface area contributed by atoms with Crippen LogP contribution in [0.3, 0.4) is 0 Å². The zero-order valence-corrected chi connectivity index (χ0v) is 7.37. The maximum absolute atomic E-state index is 11.4. The molecule has 2 nitrogen and oxygen atoms in total. The Morgan fingerprint density at radius 2 is 2.08 bits per heavy atom. The summed E-state index contributed by atoms with van der Waals surface area (Å²) in [5, 5.41) is 0. The second-order valence-electron chi connectivity index (χ2n) is 2.90. The molecule has 0 aliphatic carbocycles. The molecule has 1 rings (SSSR count). The molecular formula is C10H12NO. The first-order valence-corrected chi connectivity index (χ1v) is 3.75. The summed E-state index contributed by atoms with van der Waals surface area (Å²) in [7, 11) is 3.47. The van der Waals surface area contributed by atoms with Gasteiger partial charge in [0.05, 0.1) is 0 Å². The fraction of sp³-hybridized carbons (Fsp3) is 0.200. The van der Waals surface area contributed by atoms with E-state index in [2.05, 4.69) is 6.92 Å². The summed E-state index contributed by atoms with van der Waals surface area (Å²) in [5.41, 5.74) is 1.55. The number of carbonyl (C=O) groups is 1. The molecule has 0 aromatic heterocycles. The van der Waals surface area contributed by atoms with Gasteiger partial charge in [-0.15, -0.1) is 0 Å². The Morgan fingerprint density at radius 1 is 1.42 bits per heavy atom. The summed E-state index contributed by atoms with van der Waals surface area (Å²) in [5.74, 6) is 0.0144. The largest absolute Gasteiger partial charge is 0.345 e. The average molecular weight is 162 g/mol. The topological polar surface area (TPSA) is 20.3 Å². The van der Waals surface area contributed by atoms with Gasteiger partial charge < -0.3 is 4.90 Å². The SMILES string of the molecule is [CH2]c1cccc(C(=O)N(C)C)c1. The van der Waals surface area contributed by atoms with E-state index in [1.165, 1.54) is 0 Å². The number of carbonyl (C=O) groups excluding carboxylic acids is 1. The third-order valence-electron chi connectivity index (χ3n) is 1.58. The van der Waals surface area contributed by atoms with Crippen LogP contribution < -0.4 is 0 Å². The van der Waals surface area contributed by atoms with Crippen LogP contribution in [0.15, 0.2) is 24.3 Å². The van der Waals surface area contributed by atoms with E-state index in [1.807, 2.05) is 12.1 Å². The minimum absolute atomic E-state index is 0.0144. The quantitative estimate of drug-likeness (QED) is 0.613.